The van der Waals surface area contributed by atoms with E-state index >= 15 is 0 Å². The minimum absolute atomic E-state index is 0.646. The third kappa shape index (κ3) is 16.0. The molecule has 0 rings (SSSR count). The fourth-order valence-electron chi connectivity index (χ4n) is 2.60. The van der Waals surface area contributed by atoms with Crippen molar-refractivity contribution in [3.63, 3.8) is 0 Å². The first kappa shape index (κ1) is 20.8. The van der Waals surface area contributed by atoms with Crippen molar-refractivity contribution in [3.8, 4) is 0 Å². The predicted molar refractivity (Wildman–Crippen MR) is 99.3 cm³/mol. The highest BCUT2D eigenvalue weighted by atomic mass is 35.5. The summed E-state index contributed by atoms with van der Waals surface area (Å²) in [7, 11) is 0. The lowest BCUT2D eigenvalue weighted by molar-refractivity contribution is 0.564. The lowest BCUT2D eigenvalue weighted by Gasteiger charge is -2.03. The Kier molecular flexibility index (Phi) is 16.0. The highest BCUT2D eigenvalue weighted by Gasteiger charge is 1.94. The van der Waals surface area contributed by atoms with Gasteiger partial charge in [0.2, 0.25) is 0 Å². The van der Waals surface area contributed by atoms with Crippen LogP contribution in [0.4, 0.5) is 0 Å². The van der Waals surface area contributed by atoms with Gasteiger partial charge in [0.15, 0.2) is 0 Å². The third-order valence-electron chi connectivity index (χ3n) is 4.13. The summed E-state index contributed by atoms with van der Waals surface area (Å²) in [5.74, 6) is 0.646. The number of unbranched alkanes of at least 4 members (excludes halogenated alkanes) is 8. The molecule has 0 aromatic carbocycles. The summed E-state index contributed by atoms with van der Waals surface area (Å²) in [4.78, 5) is 0. The van der Waals surface area contributed by atoms with Crippen LogP contribution in [0.25, 0.3) is 0 Å². The van der Waals surface area contributed by atoms with Crippen LogP contribution in [-0.4, -0.2) is 5.88 Å². The lowest BCUT2D eigenvalue weighted by atomic mass is 10.0. The first-order chi connectivity index (χ1) is 10.2. The molecule has 0 aromatic heterocycles. The normalized spacial score (nSPS) is 13.0. The molecule has 0 saturated carbocycles. The summed E-state index contributed by atoms with van der Waals surface area (Å²) in [6, 6.07) is 0. The van der Waals surface area contributed by atoms with E-state index in [1.54, 1.807) is 5.57 Å². The van der Waals surface area contributed by atoms with Gasteiger partial charge in [-0.25, -0.2) is 0 Å². The summed E-state index contributed by atoms with van der Waals surface area (Å²) >= 11 is 5.69. The van der Waals surface area contributed by atoms with Crippen LogP contribution in [-0.2, 0) is 0 Å². The Morgan fingerprint density at radius 2 is 1.24 bits per heavy atom. The van der Waals surface area contributed by atoms with Gasteiger partial charge in [-0.15, -0.1) is 11.6 Å². The molecule has 21 heavy (non-hydrogen) atoms. The average Bonchev–Trinajstić information content (AvgIpc) is 2.46. The van der Waals surface area contributed by atoms with Crippen molar-refractivity contribution in [2.24, 2.45) is 0 Å². The molecule has 0 bridgehead atoms. The number of allylic oxidation sites excluding steroid dienone is 4. The largest absolute Gasteiger partial charge is 0.122 e. The molecule has 0 unspecified atom stereocenters. The van der Waals surface area contributed by atoms with Gasteiger partial charge in [-0.2, -0.15) is 0 Å². The fraction of sp³-hybridized carbons (Fsp3) is 0.800. The van der Waals surface area contributed by atoms with Gasteiger partial charge >= 0.3 is 0 Å². The Bertz CT molecular complexity index is 276. The number of alkyl halides is 1. The van der Waals surface area contributed by atoms with Crippen molar-refractivity contribution in [1.29, 1.82) is 0 Å². The zero-order chi connectivity index (χ0) is 15.8. The van der Waals surface area contributed by atoms with Crippen LogP contribution in [0.15, 0.2) is 23.3 Å². The molecular weight excluding hydrogens is 276 g/mol. The smallest absolute Gasteiger partial charge is 0.0406 e. The highest BCUT2D eigenvalue weighted by molar-refractivity contribution is 6.18. The highest BCUT2D eigenvalue weighted by Crippen LogP contribution is 2.14. The van der Waals surface area contributed by atoms with Crippen molar-refractivity contribution in [1.82, 2.24) is 0 Å². The fourth-order valence-corrected chi connectivity index (χ4v) is 2.86. The third-order valence-corrected chi connectivity index (χ3v) is 4.29. The first-order valence-electron chi connectivity index (χ1n) is 9.08. The van der Waals surface area contributed by atoms with E-state index < -0.39 is 0 Å². The molecule has 1 heteroatoms. The van der Waals surface area contributed by atoms with Crippen LogP contribution >= 0.6 is 11.6 Å². The first-order valence-corrected chi connectivity index (χ1v) is 9.61. The summed E-state index contributed by atoms with van der Waals surface area (Å²) in [5.41, 5.74) is 2.98. The van der Waals surface area contributed by atoms with Gasteiger partial charge in [0.05, 0.1) is 0 Å². The Labute approximate surface area is 139 Å². The van der Waals surface area contributed by atoms with Crippen LogP contribution in [0.5, 0.6) is 0 Å². The van der Waals surface area contributed by atoms with Crippen molar-refractivity contribution in [3.05, 3.63) is 23.3 Å². The quantitative estimate of drug-likeness (QED) is 0.174. The van der Waals surface area contributed by atoms with E-state index in [-0.39, 0.29) is 0 Å². The van der Waals surface area contributed by atoms with Gasteiger partial charge in [0, 0.05) is 5.88 Å². The zero-order valence-corrected chi connectivity index (χ0v) is 15.5. The Morgan fingerprint density at radius 1 is 0.714 bits per heavy atom. The van der Waals surface area contributed by atoms with Crippen molar-refractivity contribution in [2.75, 3.05) is 5.88 Å². The SMILES string of the molecule is CCCCCCCCCCC/C(C)=C/CC/C(C)=C/CCl. The monoisotopic (exact) mass is 312 g/mol. The molecular formula is C20H37Cl. The molecule has 0 N–H and O–H groups in total. The molecule has 124 valence electrons. The Hall–Kier alpha value is -0.230. The number of rotatable bonds is 14. The zero-order valence-electron chi connectivity index (χ0n) is 14.7. The predicted octanol–water partition coefficient (Wildman–Crippen LogP) is 7.82. The second-order valence-electron chi connectivity index (χ2n) is 6.37. The Morgan fingerprint density at radius 3 is 1.81 bits per heavy atom. The van der Waals surface area contributed by atoms with Crippen LogP contribution in [0.1, 0.15) is 97.8 Å². The minimum atomic E-state index is 0.646. The van der Waals surface area contributed by atoms with E-state index in [1.165, 1.54) is 76.2 Å². The maximum absolute atomic E-state index is 5.69. The summed E-state index contributed by atoms with van der Waals surface area (Å²) in [6.07, 6.45) is 20.9. The number of hydrogen-bond acceptors (Lipinski definition) is 0. The van der Waals surface area contributed by atoms with E-state index in [2.05, 4.69) is 32.9 Å². The number of halogens is 1. The van der Waals surface area contributed by atoms with Gasteiger partial charge in [-0.05, 0) is 39.5 Å². The molecule has 0 aliphatic rings. The van der Waals surface area contributed by atoms with E-state index in [0.29, 0.717) is 5.88 Å². The van der Waals surface area contributed by atoms with Crippen molar-refractivity contribution < 1.29 is 0 Å². The second kappa shape index (κ2) is 16.1. The molecule has 0 radical (unpaired) electrons. The molecule has 0 nitrogen and oxygen atoms in total. The van der Waals surface area contributed by atoms with Crippen molar-refractivity contribution in [2.45, 2.75) is 97.8 Å². The van der Waals surface area contributed by atoms with Crippen LogP contribution in [0.3, 0.4) is 0 Å². The molecule has 0 atom stereocenters. The van der Waals surface area contributed by atoms with Crippen LogP contribution < -0.4 is 0 Å². The van der Waals surface area contributed by atoms with Gasteiger partial charge in [0.25, 0.3) is 0 Å². The van der Waals surface area contributed by atoms with Gasteiger partial charge < -0.3 is 0 Å². The molecule has 0 aromatic rings. The molecule has 0 fully saturated rings. The molecule has 0 aliphatic carbocycles. The topological polar surface area (TPSA) is 0 Å². The molecule has 0 spiro atoms. The average molecular weight is 313 g/mol. The summed E-state index contributed by atoms with van der Waals surface area (Å²) in [5, 5.41) is 0. The minimum Gasteiger partial charge on any atom is -0.122 e. The maximum atomic E-state index is 5.69. The standard InChI is InChI=1S/C20H37Cl/c1-4-5-6-7-8-9-10-11-12-14-19(2)15-13-16-20(3)17-18-21/h15,17H,4-14,16,18H2,1-3H3/b19-15+,20-17+. The van der Waals surface area contributed by atoms with E-state index in [1.807, 2.05) is 0 Å². The second-order valence-corrected chi connectivity index (χ2v) is 6.68. The lowest BCUT2D eigenvalue weighted by Crippen LogP contribution is -1.84. The van der Waals surface area contributed by atoms with E-state index in [9.17, 15) is 0 Å². The summed E-state index contributed by atoms with van der Waals surface area (Å²) < 4.78 is 0. The molecule has 0 aliphatic heterocycles. The molecule has 0 amide bonds. The van der Waals surface area contributed by atoms with Crippen LogP contribution in [0.2, 0.25) is 0 Å². The molecule has 0 heterocycles. The number of hydrogen-bond donors (Lipinski definition) is 0. The van der Waals surface area contributed by atoms with Crippen molar-refractivity contribution >= 4 is 11.6 Å². The molecule has 0 saturated heterocycles. The van der Waals surface area contributed by atoms with E-state index in [0.717, 1.165) is 6.42 Å². The van der Waals surface area contributed by atoms with Gasteiger partial charge in [-0.3, -0.25) is 0 Å². The van der Waals surface area contributed by atoms with Gasteiger partial charge in [0.1, 0.15) is 0 Å². The Balaban J connectivity index is 3.40. The maximum Gasteiger partial charge on any atom is 0.0406 e. The van der Waals surface area contributed by atoms with Gasteiger partial charge in [-0.1, -0.05) is 81.6 Å². The van der Waals surface area contributed by atoms with Crippen LogP contribution in [0, 0.1) is 0 Å². The summed E-state index contributed by atoms with van der Waals surface area (Å²) in [6.45, 7) is 6.74. The van der Waals surface area contributed by atoms with E-state index in [4.69, 9.17) is 11.6 Å².